The van der Waals surface area contributed by atoms with Gasteiger partial charge in [0.2, 0.25) is 0 Å². The molecule has 0 spiro atoms. The fraction of sp³-hybridized carbons (Fsp3) is 0.625. The Hall–Kier alpha value is -1.20. The number of hydrogen-bond acceptors (Lipinski definition) is 4. The normalized spacial score (nSPS) is 15.1. The fourth-order valence-corrected chi connectivity index (χ4v) is 3.53. The van der Waals surface area contributed by atoms with E-state index in [1.807, 2.05) is 30.1 Å². The highest BCUT2D eigenvalue weighted by Gasteiger charge is 2.22. The molecule has 2 unspecified atom stereocenters. The largest absolute Gasteiger partial charge is 0.336 e. The molecule has 116 valence electrons. The maximum absolute atomic E-state index is 4.75. The number of hydrogen-bond donors (Lipinski definition) is 1. The molecule has 21 heavy (non-hydrogen) atoms. The maximum atomic E-state index is 4.75. The molecule has 0 fully saturated rings. The highest BCUT2D eigenvalue weighted by Crippen LogP contribution is 2.32. The Labute approximate surface area is 131 Å². The second-order valence-electron chi connectivity index (χ2n) is 6.77. The quantitative estimate of drug-likeness (QED) is 0.916. The zero-order chi connectivity index (χ0) is 15.6. The van der Waals surface area contributed by atoms with Crippen LogP contribution in [0.15, 0.2) is 18.7 Å². The smallest absolute Gasteiger partial charge is 0.0985 e. The minimum atomic E-state index is 0.121. The second-order valence-corrected chi connectivity index (χ2v) is 7.80. The fourth-order valence-electron chi connectivity index (χ4n) is 2.40. The number of rotatable bonds is 5. The van der Waals surface area contributed by atoms with Gasteiger partial charge >= 0.3 is 0 Å². The predicted octanol–water partition coefficient (Wildman–Crippen LogP) is 3.68. The van der Waals surface area contributed by atoms with Crippen molar-refractivity contribution in [3.63, 3.8) is 0 Å². The van der Waals surface area contributed by atoms with Gasteiger partial charge in [0, 0.05) is 41.3 Å². The van der Waals surface area contributed by atoms with Crippen LogP contribution in [-0.2, 0) is 12.0 Å². The van der Waals surface area contributed by atoms with Crippen LogP contribution in [0.4, 0.5) is 0 Å². The van der Waals surface area contributed by atoms with E-state index in [0.717, 1.165) is 12.2 Å². The van der Waals surface area contributed by atoms with Gasteiger partial charge in [0.25, 0.3) is 0 Å². The summed E-state index contributed by atoms with van der Waals surface area (Å²) in [5, 5.41) is 4.88. The summed E-state index contributed by atoms with van der Waals surface area (Å²) in [4.78, 5) is 10.2. The van der Waals surface area contributed by atoms with Gasteiger partial charge in [-0.05, 0) is 20.8 Å². The standard InChI is InChI=1S/C16H26N4S/c1-11(9-20-8-7-17-10-20)18-12(2)14-13(3)19-15(21-14)16(4,5)6/h7-8,10-12,18H,9H2,1-6H3. The van der Waals surface area contributed by atoms with E-state index in [1.165, 1.54) is 9.88 Å². The summed E-state index contributed by atoms with van der Waals surface area (Å²) in [6.45, 7) is 14.1. The van der Waals surface area contributed by atoms with Crippen LogP contribution in [0.2, 0.25) is 0 Å². The van der Waals surface area contributed by atoms with Crippen LogP contribution in [0.25, 0.3) is 0 Å². The van der Waals surface area contributed by atoms with Gasteiger partial charge in [-0.1, -0.05) is 20.8 Å². The van der Waals surface area contributed by atoms with Crippen LogP contribution in [-0.4, -0.2) is 20.6 Å². The Bertz CT molecular complexity index is 566. The molecule has 0 aliphatic rings. The molecule has 4 nitrogen and oxygen atoms in total. The Morgan fingerprint density at radius 1 is 1.33 bits per heavy atom. The molecule has 0 saturated heterocycles. The van der Waals surface area contributed by atoms with Crippen LogP contribution in [0.3, 0.4) is 0 Å². The van der Waals surface area contributed by atoms with Crippen molar-refractivity contribution in [1.29, 1.82) is 0 Å². The molecular formula is C16H26N4S. The summed E-state index contributed by atoms with van der Waals surface area (Å²) in [6.07, 6.45) is 5.68. The van der Waals surface area contributed by atoms with E-state index in [9.17, 15) is 0 Å². The average molecular weight is 306 g/mol. The molecule has 0 aromatic carbocycles. The molecule has 2 aromatic rings. The molecular weight excluding hydrogens is 280 g/mol. The van der Waals surface area contributed by atoms with Gasteiger partial charge in [-0.15, -0.1) is 11.3 Å². The first-order valence-electron chi connectivity index (χ1n) is 7.47. The Balaban J connectivity index is 2.03. The van der Waals surface area contributed by atoms with Gasteiger partial charge < -0.3 is 9.88 Å². The van der Waals surface area contributed by atoms with Crippen molar-refractivity contribution in [2.24, 2.45) is 0 Å². The Morgan fingerprint density at radius 3 is 2.57 bits per heavy atom. The van der Waals surface area contributed by atoms with E-state index in [1.54, 1.807) is 0 Å². The summed E-state index contributed by atoms with van der Waals surface area (Å²) in [5.41, 5.74) is 1.27. The SMILES string of the molecule is Cc1nc(C(C)(C)C)sc1C(C)NC(C)Cn1ccnc1. The van der Waals surface area contributed by atoms with Gasteiger partial charge in [-0.25, -0.2) is 9.97 Å². The van der Waals surface area contributed by atoms with Gasteiger partial charge in [0.05, 0.1) is 17.0 Å². The topological polar surface area (TPSA) is 42.7 Å². The van der Waals surface area contributed by atoms with E-state index in [2.05, 4.69) is 56.4 Å². The van der Waals surface area contributed by atoms with E-state index in [4.69, 9.17) is 4.98 Å². The summed E-state index contributed by atoms with van der Waals surface area (Å²) in [6, 6.07) is 0.700. The summed E-state index contributed by atoms with van der Waals surface area (Å²) in [7, 11) is 0. The predicted molar refractivity (Wildman–Crippen MR) is 88.8 cm³/mol. The number of aromatic nitrogens is 3. The first-order valence-corrected chi connectivity index (χ1v) is 8.28. The summed E-state index contributed by atoms with van der Waals surface area (Å²) < 4.78 is 2.10. The molecule has 2 atom stereocenters. The molecule has 0 saturated carbocycles. The van der Waals surface area contributed by atoms with Crippen molar-refractivity contribution < 1.29 is 0 Å². The molecule has 2 heterocycles. The maximum Gasteiger partial charge on any atom is 0.0985 e. The van der Waals surface area contributed by atoms with Crippen molar-refractivity contribution in [2.45, 2.75) is 65.6 Å². The van der Waals surface area contributed by atoms with Crippen molar-refractivity contribution in [3.8, 4) is 0 Å². The Morgan fingerprint density at radius 2 is 2.05 bits per heavy atom. The summed E-state index contributed by atoms with van der Waals surface area (Å²) in [5.74, 6) is 0. The number of imidazole rings is 1. The molecule has 5 heteroatoms. The molecule has 0 amide bonds. The third-order valence-corrected chi connectivity index (χ3v) is 5.21. The van der Waals surface area contributed by atoms with E-state index in [0.29, 0.717) is 12.1 Å². The monoisotopic (exact) mass is 306 g/mol. The van der Waals surface area contributed by atoms with Crippen molar-refractivity contribution in [3.05, 3.63) is 34.3 Å². The van der Waals surface area contributed by atoms with E-state index in [-0.39, 0.29) is 5.41 Å². The first-order chi connectivity index (χ1) is 9.77. The van der Waals surface area contributed by atoms with E-state index < -0.39 is 0 Å². The number of nitrogens with one attached hydrogen (secondary N) is 1. The van der Waals surface area contributed by atoms with Gasteiger partial charge in [0.1, 0.15) is 0 Å². The lowest BCUT2D eigenvalue weighted by Crippen LogP contribution is -2.32. The molecule has 2 aromatic heterocycles. The highest BCUT2D eigenvalue weighted by molar-refractivity contribution is 7.12. The minimum absolute atomic E-state index is 0.121. The molecule has 2 rings (SSSR count). The lowest BCUT2D eigenvalue weighted by Gasteiger charge is -2.20. The third kappa shape index (κ3) is 4.14. The highest BCUT2D eigenvalue weighted by atomic mass is 32.1. The second kappa shape index (κ2) is 6.28. The third-order valence-electron chi connectivity index (χ3n) is 3.45. The van der Waals surface area contributed by atoms with Crippen molar-refractivity contribution in [1.82, 2.24) is 19.9 Å². The van der Waals surface area contributed by atoms with E-state index >= 15 is 0 Å². The van der Waals surface area contributed by atoms with Gasteiger partial charge in [-0.2, -0.15) is 0 Å². The molecule has 0 aliphatic carbocycles. The molecule has 0 aliphatic heterocycles. The number of nitrogens with zero attached hydrogens (tertiary/aromatic N) is 3. The lowest BCUT2D eigenvalue weighted by atomic mass is 9.98. The van der Waals surface area contributed by atoms with Crippen LogP contribution < -0.4 is 5.32 Å². The van der Waals surface area contributed by atoms with Crippen LogP contribution >= 0.6 is 11.3 Å². The first kappa shape index (κ1) is 16.2. The molecule has 0 radical (unpaired) electrons. The van der Waals surface area contributed by atoms with Gasteiger partial charge in [-0.3, -0.25) is 0 Å². The average Bonchev–Trinajstić information content (AvgIpc) is 2.97. The lowest BCUT2D eigenvalue weighted by molar-refractivity contribution is 0.432. The summed E-state index contributed by atoms with van der Waals surface area (Å²) >= 11 is 1.83. The number of thiazole rings is 1. The van der Waals surface area contributed by atoms with Gasteiger partial charge in [0.15, 0.2) is 0 Å². The number of aryl methyl sites for hydroxylation is 1. The zero-order valence-electron chi connectivity index (χ0n) is 13.8. The molecule has 0 bridgehead atoms. The van der Waals surface area contributed by atoms with Crippen molar-refractivity contribution >= 4 is 11.3 Å². The zero-order valence-corrected chi connectivity index (χ0v) is 14.7. The molecule has 1 N–H and O–H groups in total. The van der Waals surface area contributed by atoms with Crippen LogP contribution in [0.5, 0.6) is 0 Å². The minimum Gasteiger partial charge on any atom is -0.336 e. The van der Waals surface area contributed by atoms with Crippen LogP contribution in [0.1, 0.15) is 56.2 Å². The van der Waals surface area contributed by atoms with Crippen molar-refractivity contribution in [2.75, 3.05) is 0 Å². The van der Waals surface area contributed by atoms with Crippen LogP contribution in [0, 0.1) is 6.92 Å². The Kier molecular flexibility index (Phi) is 4.84.